The molecule has 9 nitrogen and oxygen atoms in total. The zero-order chi connectivity index (χ0) is 29.3. The number of carbonyl (C=O) groups is 2. The number of benzene rings is 3. The highest BCUT2D eigenvalue weighted by atomic mass is 32.2. The van der Waals surface area contributed by atoms with Crippen molar-refractivity contribution >= 4 is 35.1 Å². The molecule has 1 aliphatic rings. The van der Waals surface area contributed by atoms with Crippen molar-refractivity contribution in [3.05, 3.63) is 96.2 Å². The zero-order valence-electron chi connectivity index (χ0n) is 23.6. The molecule has 3 aromatic carbocycles. The molecule has 2 amide bonds. The van der Waals surface area contributed by atoms with Gasteiger partial charge in [0.05, 0.1) is 19.1 Å². The van der Waals surface area contributed by atoms with Crippen LogP contribution in [0.15, 0.2) is 89.8 Å². The van der Waals surface area contributed by atoms with Crippen molar-refractivity contribution < 1.29 is 19.1 Å². The number of likely N-dealkylation sites (tertiary alicyclic amines) is 1. The van der Waals surface area contributed by atoms with E-state index in [0.717, 1.165) is 52.7 Å². The van der Waals surface area contributed by atoms with E-state index in [9.17, 15) is 9.59 Å². The van der Waals surface area contributed by atoms with Gasteiger partial charge in [-0.3, -0.25) is 9.59 Å². The van der Waals surface area contributed by atoms with Gasteiger partial charge in [0.15, 0.2) is 0 Å². The van der Waals surface area contributed by atoms with Crippen molar-refractivity contribution in [3.63, 3.8) is 0 Å². The lowest BCUT2D eigenvalue weighted by atomic mass is 10.0. The number of hydrogen-bond donors (Lipinski definition) is 3. The molecule has 3 N–H and O–H groups in total. The fourth-order valence-electron chi connectivity index (χ4n) is 4.40. The van der Waals surface area contributed by atoms with Gasteiger partial charge in [-0.2, -0.15) is 0 Å². The van der Waals surface area contributed by atoms with Crippen LogP contribution in [0.3, 0.4) is 0 Å². The van der Waals surface area contributed by atoms with Gasteiger partial charge in [0.2, 0.25) is 5.88 Å². The minimum absolute atomic E-state index is 0.0811. The summed E-state index contributed by atoms with van der Waals surface area (Å²) in [5.41, 5.74) is 4.82. The Morgan fingerprint density at radius 2 is 1.64 bits per heavy atom. The van der Waals surface area contributed by atoms with E-state index in [1.54, 1.807) is 25.3 Å². The molecule has 0 unspecified atom stereocenters. The number of nitrogens with zero attached hydrogens (tertiary/aromatic N) is 2. The monoisotopic (exact) mass is 583 g/mol. The van der Waals surface area contributed by atoms with Gasteiger partial charge in [-0.15, -0.1) is 0 Å². The first-order chi connectivity index (χ1) is 20.5. The molecule has 1 saturated heterocycles. The van der Waals surface area contributed by atoms with E-state index in [2.05, 4.69) is 26.4 Å². The van der Waals surface area contributed by atoms with Crippen LogP contribution >= 0.6 is 11.9 Å². The average Bonchev–Trinajstić information content (AvgIpc) is 3.01. The van der Waals surface area contributed by atoms with Crippen molar-refractivity contribution in [1.82, 2.24) is 15.2 Å². The van der Waals surface area contributed by atoms with Crippen LogP contribution in [0.2, 0.25) is 0 Å². The molecule has 2 heterocycles. The van der Waals surface area contributed by atoms with Gasteiger partial charge in [-0.1, -0.05) is 30.3 Å². The van der Waals surface area contributed by atoms with Crippen LogP contribution in [0.25, 0.3) is 11.1 Å². The Hall–Kier alpha value is -4.70. The Bertz CT molecular complexity index is 1560. The third kappa shape index (κ3) is 7.13. The van der Waals surface area contributed by atoms with Crippen LogP contribution in [0, 0.1) is 0 Å². The van der Waals surface area contributed by atoms with Crippen molar-refractivity contribution in [2.75, 3.05) is 50.4 Å². The van der Waals surface area contributed by atoms with E-state index < -0.39 is 0 Å². The summed E-state index contributed by atoms with van der Waals surface area (Å²) in [4.78, 5) is 32.0. The fraction of sp³-hybridized carbons (Fsp3) is 0.219. The molecule has 1 fully saturated rings. The lowest BCUT2D eigenvalue weighted by Crippen LogP contribution is -2.41. The van der Waals surface area contributed by atoms with Gasteiger partial charge >= 0.3 is 0 Å². The van der Waals surface area contributed by atoms with Crippen LogP contribution in [0.5, 0.6) is 11.6 Å². The first kappa shape index (κ1) is 28.8. The maximum absolute atomic E-state index is 12.7. The number of amides is 2. The van der Waals surface area contributed by atoms with Gasteiger partial charge in [0.25, 0.3) is 11.8 Å². The number of rotatable bonds is 12. The summed E-state index contributed by atoms with van der Waals surface area (Å²) in [6.45, 7) is 2.63. The van der Waals surface area contributed by atoms with E-state index >= 15 is 0 Å². The van der Waals surface area contributed by atoms with Crippen molar-refractivity contribution in [3.8, 4) is 22.8 Å². The SMILES string of the molecule is COc1cccc(C(=O)NCCNc2cccc(NSc3cc(-c4cccc(C(=O)N5CCC5)c4)ccc3OC)c2)n1. The zero-order valence-corrected chi connectivity index (χ0v) is 24.4. The molecule has 0 radical (unpaired) electrons. The molecule has 0 saturated carbocycles. The normalized spacial score (nSPS) is 12.2. The smallest absolute Gasteiger partial charge is 0.270 e. The molecule has 216 valence electrons. The highest BCUT2D eigenvalue weighted by molar-refractivity contribution is 8.00. The summed E-state index contributed by atoms with van der Waals surface area (Å²) >= 11 is 1.45. The maximum Gasteiger partial charge on any atom is 0.270 e. The van der Waals surface area contributed by atoms with E-state index in [0.29, 0.717) is 30.2 Å². The lowest BCUT2D eigenvalue weighted by Gasteiger charge is -2.31. The Balaban J connectivity index is 1.18. The summed E-state index contributed by atoms with van der Waals surface area (Å²) < 4.78 is 14.1. The summed E-state index contributed by atoms with van der Waals surface area (Å²) in [5, 5.41) is 6.19. The third-order valence-corrected chi connectivity index (χ3v) is 7.67. The van der Waals surface area contributed by atoms with E-state index in [-0.39, 0.29) is 11.8 Å². The molecular weight excluding hydrogens is 550 g/mol. The third-order valence-electron chi connectivity index (χ3n) is 6.80. The molecule has 0 atom stereocenters. The molecule has 0 spiro atoms. The summed E-state index contributed by atoms with van der Waals surface area (Å²) in [6.07, 6.45) is 1.07. The summed E-state index contributed by atoms with van der Waals surface area (Å²) in [6, 6.07) is 26.8. The molecule has 1 aliphatic heterocycles. The number of ether oxygens (including phenoxy) is 2. The van der Waals surface area contributed by atoms with Crippen LogP contribution in [0.1, 0.15) is 27.3 Å². The Labute approximate surface area is 249 Å². The Morgan fingerprint density at radius 1 is 0.857 bits per heavy atom. The van der Waals surface area contributed by atoms with Crippen LogP contribution in [-0.2, 0) is 0 Å². The number of hydrogen-bond acceptors (Lipinski definition) is 8. The first-order valence-corrected chi connectivity index (χ1v) is 14.5. The highest BCUT2D eigenvalue weighted by Gasteiger charge is 2.21. The molecule has 0 aliphatic carbocycles. The van der Waals surface area contributed by atoms with Crippen molar-refractivity contribution in [1.29, 1.82) is 0 Å². The number of aromatic nitrogens is 1. The van der Waals surface area contributed by atoms with Crippen LogP contribution < -0.4 is 24.8 Å². The predicted molar refractivity (Wildman–Crippen MR) is 166 cm³/mol. The topological polar surface area (TPSA) is 105 Å². The highest BCUT2D eigenvalue weighted by Crippen LogP contribution is 2.35. The largest absolute Gasteiger partial charge is 0.496 e. The second-order valence-electron chi connectivity index (χ2n) is 9.62. The van der Waals surface area contributed by atoms with Crippen LogP contribution in [-0.4, -0.2) is 62.1 Å². The van der Waals surface area contributed by atoms with E-state index in [1.165, 1.54) is 19.1 Å². The quantitative estimate of drug-likeness (QED) is 0.147. The van der Waals surface area contributed by atoms with Gasteiger partial charge in [0, 0.05) is 49.2 Å². The minimum Gasteiger partial charge on any atom is -0.496 e. The summed E-state index contributed by atoms with van der Waals surface area (Å²) in [7, 11) is 3.17. The molecule has 5 rings (SSSR count). The molecule has 4 aromatic rings. The second kappa shape index (κ2) is 13.8. The molecular formula is C32H33N5O4S. The molecule has 42 heavy (non-hydrogen) atoms. The number of pyridine rings is 1. The number of anilines is 2. The second-order valence-corrected chi connectivity index (χ2v) is 10.5. The van der Waals surface area contributed by atoms with Gasteiger partial charge < -0.3 is 29.7 Å². The standard InChI is InChI=1S/C32H33N5O4S/c1-40-28-14-13-23(22-7-3-8-24(19-22)32(39)37-17-6-18-37)20-29(28)42-36-26-10-4-9-25(21-26)33-15-16-34-31(38)27-11-5-12-30(35-27)41-2/h3-5,7-14,19-21,33,36H,6,15-18H2,1-2H3,(H,34,38). The fourth-order valence-corrected chi connectivity index (χ4v) is 5.20. The molecule has 1 aromatic heterocycles. The van der Waals surface area contributed by atoms with Gasteiger partial charge in [0.1, 0.15) is 11.4 Å². The number of methoxy groups -OCH3 is 2. The maximum atomic E-state index is 12.7. The summed E-state index contributed by atoms with van der Waals surface area (Å²) in [5.74, 6) is 0.973. The lowest BCUT2D eigenvalue weighted by molar-refractivity contribution is 0.0651. The van der Waals surface area contributed by atoms with E-state index in [4.69, 9.17) is 9.47 Å². The Kier molecular flexibility index (Phi) is 9.45. The minimum atomic E-state index is -0.256. The molecule has 10 heteroatoms. The average molecular weight is 584 g/mol. The van der Waals surface area contributed by atoms with Gasteiger partial charge in [-0.05, 0) is 78.0 Å². The Morgan fingerprint density at radius 3 is 2.43 bits per heavy atom. The van der Waals surface area contributed by atoms with E-state index in [1.807, 2.05) is 65.6 Å². The van der Waals surface area contributed by atoms with Crippen molar-refractivity contribution in [2.45, 2.75) is 11.3 Å². The first-order valence-electron chi connectivity index (χ1n) is 13.7. The van der Waals surface area contributed by atoms with Gasteiger partial charge in [-0.25, -0.2) is 4.98 Å². The predicted octanol–water partition coefficient (Wildman–Crippen LogP) is 5.57. The van der Waals surface area contributed by atoms with Crippen LogP contribution in [0.4, 0.5) is 11.4 Å². The molecule has 0 bridgehead atoms. The van der Waals surface area contributed by atoms with Crippen molar-refractivity contribution in [2.24, 2.45) is 0 Å². The number of carbonyl (C=O) groups excluding carboxylic acids is 2. The number of nitrogens with one attached hydrogen (secondary N) is 3.